The van der Waals surface area contributed by atoms with E-state index in [0.29, 0.717) is 11.7 Å². The van der Waals surface area contributed by atoms with E-state index in [1.54, 1.807) is 18.5 Å². The Balaban J connectivity index is 2.41. The van der Waals surface area contributed by atoms with Crippen LogP contribution in [0.25, 0.3) is 0 Å². The van der Waals surface area contributed by atoms with Gasteiger partial charge in [0.25, 0.3) is 0 Å². The van der Waals surface area contributed by atoms with Crippen LogP contribution in [0.3, 0.4) is 0 Å². The molecular formula is C9H11N3S. The first kappa shape index (κ1) is 9.67. The fraction of sp³-hybridized carbons (Fsp3) is 0.111. The average Bonchev–Trinajstić information content (AvgIpc) is 2.16. The molecule has 0 fully saturated rings. The highest BCUT2D eigenvalue weighted by atomic mass is 32.1. The fourth-order valence-corrected chi connectivity index (χ4v) is 0.977. The van der Waals surface area contributed by atoms with Crippen LogP contribution in [0.4, 0.5) is 5.69 Å². The summed E-state index contributed by atoms with van der Waals surface area (Å²) in [7, 11) is 0. The molecule has 68 valence electrons. The lowest BCUT2D eigenvalue weighted by atomic mass is 10.4. The zero-order chi connectivity index (χ0) is 9.52. The Morgan fingerprint density at radius 2 is 2.23 bits per heavy atom. The van der Waals surface area contributed by atoms with Crippen molar-refractivity contribution in [2.45, 2.75) is 0 Å². The predicted molar refractivity (Wildman–Crippen MR) is 58.7 cm³/mol. The quantitative estimate of drug-likeness (QED) is 0.564. The van der Waals surface area contributed by atoms with Gasteiger partial charge in [-0.25, -0.2) is 0 Å². The minimum Gasteiger partial charge on any atom is -0.359 e. The van der Waals surface area contributed by atoms with Crippen LogP contribution in [0.2, 0.25) is 0 Å². The maximum absolute atomic E-state index is 5.01. The van der Waals surface area contributed by atoms with Gasteiger partial charge in [-0.15, -0.1) is 6.58 Å². The zero-order valence-electron chi connectivity index (χ0n) is 7.16. The maximum Gasteiger partial charge on any atom is 0.171 e. The molecule has 0 spiro atoms. The molecule has 13 heavy (non-hydrogen) atoms. The Hall–Kier alpha value is -1.42. The highest BCUT2D eigenvalue weighted by molar-refractivity contribution is 7.80. The standard InChI is InChI=1S/C9H11N3S/c1-2-5-11-9(13)12-8-3-6-10-7-4-8/h2-4,6-7H,1,5H2,(H2,10,11,12,13). The van der Waals surface area contributed by atoms with E-state index in [1.807, 2.05) is 12.1 Å². The van der Waals surface area contributed by atoms with Crippen molar-refractivity contribution in [3.05, 3.63) is 37.2 Å². The lowest BCUT2D eigenvalue weighted by Crippen LogP contribution is -2.28. The molecule has 1 rings (SSSR count). The van der Waals surface area contributed by atoms with Crippen LogP contribution in [0.5, 0.6) is 0 Å². The van der Waals surface area contributed by atoms with E-state index in [2.05, 4.69) is 22.2 Å². The monoisotopic (exact) mass is 193 g/mol. The first-order valence-electron chi connectivity index (χ1n) is 3.88. The molecule has 0 saturated carbocycles. The van der Waals surface area contributed by atoms with Gasteiger partial charge in [-0.05, 0) is 24.4 Å². The van der Waals surface area contributed by atoms with Crippen molar-refractivity contribution in [3.8, 4) is 0 Å². The molecular weight excluding hydrogens is 182 g/mol. The zero-order valence-corrected chi connectivity index (χ0v) is 7.97. The van der Waals surface area contributed by atoms with Crippen LogP contribution >= 0.6 is 12.2 Å². The van der Waals surface area contributed by atoms with E-state index in [1.165, 1.54) is 0 Å². The lowest BCUT2D eigenvalue weighted by molar-refractivity contribution is 1.06. The van der Waals surface area contributed by atoms with Gasteiger partial charge in [0.2, 0.25) is 0 Å². The molecule has 0 aromatic carbocycles. The number of anilines is 1. The molecule has 0 amide bonds. The largest absolute Gasteiger partial charge is 0.359 e. The van der Waals surface area contributed by atoms with Crippen molar-refractivity contribution in [1.29, 1.82) is 0 Å². The molecule has 1 aromatic heterocycles. The summed E-state index contributed by atoms with van der Waals surface area (Å²) in [6.07, 6.45) is 5.16. The summed E-state index contributed by atoms with van der Waals surface area (Å²) in [5, 5.41) is 6.56. The highest BCUT2D eigenvalue weighted by Crippen LogP contribution is 2.01. The third kappa shape index (κ3) is 3.66. The molecule has 3 nitrogen and oxygen atoms in total. The summed E-state index contributed by atoms with van der Waals surface area (Å²) in [5.41, 5.74) is 0.927. The molecule has 1 heterocycles. The van der Waals surface area contributed by atoms with E-state index in [9.17, 15) is 0 Å². The van der Waals surface area contributed by atoms with Gasteiger partial charge < -0.3 is 10.6 Å². The number of rotatable bonds is 3. The number of hydrogen-bond acceptors (Lipinski definition) is 2. The van der Waals surface area contributed by atoms with Crippen molar-refractivity contribution in [3.63, 3.8) is 0 Å². The Kier molecular flexibility index (Phi) is 3.92. The second-order valence-corrected chi connectivity index (χ2v) is 2.77. The fourth-order valence-electron chi connectivity index (χ4n) is 0.775. The van der Waals surface area contributed by atoms with Crippen LogP contribution in [0.1, 0.15) is 0 Å². The third-order valence-corrected chi connectivity index (χ3v) is 1.59. The topological polar surface area (TPSA) is 37.0 Å². The third-order valence-electron chi connectivity index (χ3n) is 1.35. The van der Waals surface area contributed by atoms with Gasteiger partial charge in [0.15, 0.2) is 5.11 Å². The molecule has 0 aliphatic carbocycles. The number of aromatic nitrogens is 1. The van der Waals surface area contributed by atoms with Crippen LogP contribution in [-0.4, -0.2) is 16.6 Å². The molecule has 4 heteroatoms. The molecule has 1 aromatic rings. The summed E-state index contributed by atoms with van der Waals surface area (Å²) < 4.78 is 0. The van der Waals surface area contributed by atoms with Gasteiger partial charge in [0.1, 0.15) is 0 Å². The minimum atomic E-state index is 0.589. The van der Waals surface area contributed by atoms with Gasteiger partial charge >= 0.3 is 0 Å². The number of thiocarbonyl (C=S) groups is 1. The molecule has 2 N–H and O–H groups in total. The Labute approximate surface area is 82.9 Å². The molecule has 0 unspecified atom stereocenters. The van der Waals surface area contributed by atoms with Crippen molar-refractivity contribution < 1.29 is 0 Å². The van der Waals surface area contributed by atoms with Crippen molar-refractivity contribution in [1.82, 2.24) is 10.3 Å². The first-order valence-corrected chi connectivity index (χ1v) is 4.29. The Morgan fingerprint density at radius 3 is 2.85 bits per heavy atom. The molecule has 0 aliphatic rings. The number of nitrogens with one attached hydrogen (secondary N) is 2. The van der Waals surface area contributed by atoms with E-state index < -0.39 is 0 Å². The smallest absolute Gasteiger partial charge is 0.171 e. The van der Waals surface area contributed by atoms with E-state index >= 15 is 0 Å². The first-order chi connectivity index (χ1) is 6.33. The van der Waals surface area contributed by atoms with E-state index in [0.717, 1.165) is 5.69 Å². The van der Waals surface area contributed by atoms with Gasteiger partial charge in [-0.1, -0.05) is 6.08 Å². The van der Waals surface area contributed by atoms with Gasteiger partial charge in [-0.2, -0.15) is 0 Å². The van der Waals surface area contributed by atoms with Crippen LogP contribution in [0, 0.1) is 0 Å². The van der Waals surface area contributed by atoms with Crippen LogP contribution < -0.4 is 10.6 Å². The predicted octanol–water partition coefficient (Wildman–Crippen LogP) is 1.55. The molecule has 0 radical (unpaired) electrons. The summed E-state index contributed by atoms with van der Waals surface area (Å²) >= 11 is 5.01. The molecule has 0 atom stereocenters. The van der Waals surface area contributed by atoms with Gasteiger partial charge in [-0.3, -0.25) is 4.98 Å². The summed E-state index contributed by atoms with van der Waals surface area (Å²) in [4.78, 5) is 3.89. The molecule has 0 bridgehead atoms. The summed E-state index contributed by atoms with van der Waals surface area (Å²) in [6.45, 7) is 4.24. The molecule has 0 aliphatic heterocycles. The van der Waals surface area contributed by atoms with E-state index in [4.69, 9.17) is 12.2 Å². The number of nitrogens with zero attached hydrogens (tertiary/aromatic N) is 1. The lowest BCUT2D eigenvalue weighted by Gasteiger charge is -2.07. The van der Waals surface area contributed by atoms with Gasteiger partial charge in [0.05, 0.1) is 0 Å². The summed E-state index contributed by atoms with van der Waals surface area (Å²) in [5.74, 6) is 0. The second kappa shape index (κ2) is 5.27. The SMILES string of the molecule is C=CCNC(=S)Nc1ccncc1. The normalized spacial score (nSPS) is 8.92. The van der Waals surface area contributed by atoms with Crippen LogP contribution in [0.15, 0.2) is 37.2 Å². The molecule has 0 saturated heterocycles. The Bertz CT molecular complexity index is 284. The maximum atomic E-state index is 5.01. The number of hydrogen-bond donors (Lipinski definition) is 2. The summed E-state index contributed by atoms with van der Waals surface area (Å²) in [6, 6.07) is 3.70. The number of pyridine rings is 1. The average molecular weight is 193 g/mol. The van der Waals surface area contributed by atoms with Crippen molar-refractivity contribution in [2.24, 2.45) is 0 Å². The van der Waals surface area contributed by atoms with Crippen LogP contribution in [-0.2, 0) is 0 Å². The Morgan fingerprint density at radius 1 is 1.54 bits per heavy atom. The van der Waals surface area contributed by atoms with Crippen molar-refractivity contribution in [2.75, 3.05) is 11.9 Å². The second-order valence-electron chi connectivity index (χ2n) is 2.36. The highest BCUT2D eigenvalue weighted by Gasteiger charge is 1.93. The van der Waals surface area contributed by atoms with Gasteiger partial charge in [0, 0.05) is 24.6 Å². The minimum absolute atomic E-state index is 0.589. The van der Waals surface area contributed by atoms with Crippen molar-refractivity contribution >= 4 is 23.0 Å². The van der Waals surface area contributed by atoms with E-state index in [-0.39, 0.29) is 0 Å².